The number of carboxylic acids is 1. The summed E-state index contributed by atoms with van der Waals surface area (Å²) in [6, 6.07) is 15.0. The van der Waals surface area contributed by atoms with Crippen molar-refractivity contribution >= 4 is 29.1 Å². The normalized spacial score (nSPS) is 11.5. The van der Waals surface area contributed by atoms with E-state index in [1.54, 1.807) is 30.2 Å². The standard InChI is InChI=1S/C18H16ClNO3/c19-15-8-6-14(7-9-15)16(12-21)17(18(22)23)20-11-10-13-4-2-1-3-5-13/h1-9,17,20H,10-11H2,(H,22,23). The summed E-state index contributed by atoms with van der Waals surface area (Å²) in [5.41, 5.74) is 1.64. The number of carbonyl (C=O) groups is 1. The van der Waals surface area contributed by atoms with Gasteiger partial charge in [0.25, 0.3) is 0 Å². The van der Waals surface area contributed by atoms with Gasteiger partial charge in [0.2, 0.25) is 0 Å². The summed E-state index contributed by atoms with van der Waals surface area (Å²) in [7, 11) is 0. The average molecular weight is 330 g/mol. The molecule has 2 N–H and O–H groups in total. The van der Waals surface area contributed by atoms with Crippen LogP contribution < -0.4 is 5.32 Å². The molecule has 0 saturated carbocycles. The first-order chi connectivity index (χ1) is 11.1. The van der Waals surface area contributed by atoms with Crippen LogP contribution in [-0.2, 0) is 16.0 Å². The van der Waals surface area contributed by atoms with Crippen molar-refractivity contribution in [2.24, 2.45) is 0 Å². The van der Waals surface area contributed by atoms with E-state index in [2.05, 4.69) is 5.32 Å². The van der Waals surface area contributed by atoms with Gasteiger partial charge in [0.1, 0.15) is 12.0 Å². The molecular weight excluding hydrogens is 314 g/mol. The van der Waals surface area contributed by atoms with Crippen LogP contribution in [0.4, 0.5) is 0 Å². The molecule has 0 saturated heterocycles. The van der Waals surface area contributed by atoms with Gasteiger partial charge in [0.05, 0.1) is 5.57 Å². The number of nitrogens with one attached hydrogen (secondary N) is 1. The second-order valence-electron chi connectivity index (χ2n) is 4.98. The van der Waals surface area contributed by atoms with Gasteiger partial charge < -0.3 is 5.11 Å². The molecule has 0 heterocycles. The molecule has 0 spiro atoms. The van der Waals surface area contributed by atoms with Gasteiger partial charge in [0.15, 0.2) is 0 Å². The number of hydrogen-bond acceptors (Lipinski definition) is 3. The van der Waals surface area contributed by atoms with Crippen molar-refractivity contribution in [3.05, 3.63) is 70.7 Å². The topological polar surface area (TPSA) is 66.4 Å². The number of benzene rings is 2. The SMILES string of the molecule is O=C=C(c1ccc(Cl)cc1)C(NCCc1ccccc1)C(=O)O. The lowest BCUT2D eigenvalue weighted by atomic mass is 9.99. The van der Waals surface area contributed by atoms with Gasteiger partial charge in [-0.15, -0.1) is 0 Å². The number of halogens is 1. The molecule has 0 bridgehead atoms. The molecule has 0 aliphatic rings. The number of rotatable bonds is 7. The Kier molecular flexibility index (Phi) is 6.12. The number of hydrogen-bond donors (Lipinski definition) is 2. The van der Waals surface area contributed by atoms with Gasteiger partial charge >= 0.3 is 5.97 Å². The van der Waals surface area contributed by atoms with Gasteiger partial charge in [0, 0.05) is 11.6 Å². The summed E-state index contributed by atoms with van der Waals surface area (Å²) >= 11 is 5.81. The summed E-state index contributed by atoms with van der Waals surface area (Å²) in [5, 5.41) is 12.8. The predicted octanol–water partition coefficient (Wildman–Crippen LogP) is 2.84. The Morgan fingerprint density at radius 2 is 1.78 bits per heavy atom. The fourth-order valence-electron chi connectivity index (χ4n) is 2.23. The quantitative estimate of drug-likeness (QED) is 0.767. The molecule has 0 aromatic heterocycles. The maximum Gasteiger partial charge on any atom is 0.326 e. The zero-order valence-corrected chi connectivity index (χ0v) is 13.1. The summed E-state index contributed by atoms with van der Waals surface area (Å²) in [6.45, 7) is 0.430. The van der Waals surface area contributed by atoms with Crippen molar-refractivity contribution in [2.75, 3.05) is 6.54 Å². The van der Waals surface area contributed by atoms with Crippen molar-refractivity contribution < 1.29 is 14.7 Å². The molecule has 2 aromatic rings. The van der Waals surface area contributed by atoms with Crippen LogP contribution in [-0.4, -0.2) is 29.6 Å². The summed E-state index contributed by atoms with van der Waals surface area (Å²) < 4.78 is 0. The van der Waals surface area contributed by atoms with Crippen LogP contribution in [0.15, 0.2) is 54.6 Å². The van der Waals surface area contributed by atoms with E-state index in [9.17, 15) is 14.7 Å². The lowest BCUT2D eigenvalue weighted by Gasteiger charge is -2.16. The molecule has 2 aromatic carbocycles. The largest absolute Gasteiger partial charge is 0.480 e. The van der Waals surface area contributed by atoms with Crippen LogP contribution in [0.1, 0.15) is 11.1 Å². The van der Waals surface area contributed by atoms with E-state index in [1.807, 2.05) is 30.3 Å². The Morgan fingerprint density at radius 1 is 1.13 bits per heavy atom. The predicted molar refractivity (Wildman–Crippen MR) is 90.1 cm³/mol. The smallest absolute Gasteiger partial charge is 0.326 e. The Balaban J connectivity index is 2.09. The van der Waals surface area contributed by atoms with E-state index in [0.717, 1.165) is 5.56 Å². The minimum absolute atomic E-state index is 0.0576. The van der Waals surface area contributed by atoms with Gasteiger partial charge in [-0.05, 0) is 29.7 Å². The Hall–Kier alpha value is -2.39. The van der Waals surface area contributed by atoms with Crippen LogP contribution in [0.5, 0.6) is 0 Å². The molecule has 2 rings (SSSR count). The molecule has 23 heavy (non-hydrogen) atoms. The molecule has 0 aliphatic carbocycles. The fourth-order valence-corrected chi connectivity index (χ4v) is 2.36. The third kappa shape index (κ3) is 4.80. The number of carbonyl (C=O) groups excluding carboxylic acids is 1. The van der Waals surface area contributed by atoms with Crippen LogP contribution in [0, 0.1) is 0 Å². The van der Waals surface area contributed by atoms with Crippen molar-refractivity contribution in [3.8, 4) is 0 Å². The monoisotopic (exact) mass is 329 g/mol. The van der Waals surface area contributed by atoms with Crippen molar-refractivity contribution in [3.63, 3.8) is 0 Å². The molecule has 1 unspecified atom stereocenters. The lowest BCUT2D eigenvalue weighted by Crippen LogP contribution is -2.39. The Morgan fingerprint density at radius 3 is 2.35 bits per heavy atom. The second kappa shape index (κ2) is 8.30. The molecule has 118 valence electrons. The maximum absolute atomic E-state index is 11.5. The maximum atomic E-state index is 11.5. The molecule has 4 nitrogen and oxygen atoms in total. The number of aliphatic carboxylic acids is 1. The average Bonchev–Trinajstić information content (AvgIpc) is 2.56. The minimum Gasteiger partial charge on any atom is -0.480 e. The van der Waals surface area contributed by atoms with E-state index in [-0.39, 0.29) is 5.57 Å². The zero-order valence-electron chi connectivity index (χ0n) is 12.3. The van der Waals surface area contributed by atoms with E-state index < -0.39 is 12.0 Å². The highest BCUT2D eigenvalue weighted by Crippen LogP contribution is 2.19. The molecule has 0 fully saturated rings. The van der Waals surface area contributed by atoms with Crippen molar-refractivity contribution in [1.29, 1.82) is 0 Å². The summed E-state index contributed by atoms with van der Waals surface area (Å²) in [6.07, 6.45) is 0.664. The summed E-state index contributed by atoms with van der Waals surface area (Å²) in [5.74, 6) is 0.629. The second-order valence-corrected chi connectivity index (χ2v) is 5.42. The van der Waals surface area contributed by atoms with Crippen LogP contribution in [0.2, 0.25) is 5.02 Å². The Bertz CT molecular complexity index is 707. The molecule has 0 amide bonds. The molecular formula is C18H16ClNO3. The molecule has 1 atom stereocenters. The van der Waals surface area contributed by atoms with Gasteiger partial charge in [-0.1, -0.05) is 54.1 Å². The van der Waals surface area contributed by atoms with Crippen LogP contribution >= 0.6 is 11.6 Å². The van der Waals surface area contributed by atoms with E-state index in [0.29, 0.717) is 23.6 Å². The highest BCUT2D eigenvalue weighted by molar-refractivity contribution is 6.30. The first kappa shape index (κ1) is 17.0. The number of carboxylic acid groups (broad SMARTS) is 1. The van der Waals surface area contributed by atoms with Crippen LogP contribution in [0.3, 0.4) is 0 Å². The van der Waals surface area contributed by atoms with Crippen LogP contribution in [0.25, 0.3) is 5.57 Å². The summed E-state index contributed by atoms with van der Waals surface area (Å²) in [4.78, 5) is 22.8. The molecule has 0 radical (unpaired) electrons. The van der Waals surface area contributed by atoms with Crippen molar-refractivity contribution in [2.45, 2.75) is 12.5 Å². The van der Waals surface area contributed by atoms with E-state index >= 15 is 0 Å². The molecule has 0 aliphatic heterocycles. The third-order valence-corrected chi connectivity index (χ3v) is 3.66. The minimum atomic E-state index is -1.12. The first-order valence-electron chi connectivity index (χ1n) is 7.13. The first-order valence-corrected chi connectivity index (χ1v) is 7.50. The van der Waals surface area contributed by atoms with Gasteiger partial charge in [-0.3, -0.25) is 10.1 Å². The van der Waals surface area contributed by atoms with Gasteiger partial charge in [-0.25, -0.2) is 4.79 Å². The highest BCUT2D eigenvalue weighted by atomic mass is 35.5. The Labute approximate surface area is 139 Å². The van der Waals surface area contributed by atoms with Crippen molar-refractivity contribution in [1.82, 2.24) is 5.32 Å². The zero-order chi connectivity index (χ0) is 16.7. The third-order valence-electron chi connectivity index (χ3n) is 3.41. The van der Waals surface area contributed by atoms with Gasteiger partial charge in [-0.2, -0.15) is 0 Å². The fraction of sp³-hybridized carbons (Fsp3) is 0.167. The van der Waals surface area contributed by atoms with E-state index in [4.69, 9.17) is 11.6 Å². The van der Waals surface area contributed by atoms with E-state index in [1.165, 1.54) is 0 Å². The highest BCUT2D eigenvalue weighted by Gasteiger charge is 2.24. The lowest BCUT2D eigenvalue weighted by molar-refractivity contribution is -0.137. The molecule has 5 heteroatoms.